The molecule has 2 N–H and O–H groups in total. The summed E-state index contributed by atoms with van der Waals surface area (Å²) in [4.78, 5) is 59.7. The van der Waals surface area contributed by atoms with Crippen molar-refractivity contribution in [2.45, 2.75) is 77.9 Å². The average molecular weight is 713 g/mol. The van der Waals surface area contributed by atoms with E-state index in [4.69, 9.17) is 9.15 Å². The van der Waals surface area contributed by atoms with Crippen molar-refractivity contribution in [2.24, 2.45) is 5.92 Å². The van der Waals surface area contributed by atoms with E-state index in [-0.39, 0.29) is 47.4 Å². The zero-order valence-corrected chi connectivity index (χ0v) is 31.2. The number of carbonyl (C=O) groups excluding carboxylic acids is 4. The monoisotopic (exact) mass is 712 g/mol. The van der Waals surface area contributed by atoms with Gasteiger partial charge in [0.25, 0.3) is 0 Å². The van der Waals surface area contributed by atoms with E-state index in [1.807, 2.05) is 86.2 Å². The van der Waals surface area contributed by atoms with Gasteiger partial charge in [0.2, 0.25) is 11.3 Å². The van der Waals surface area contributed by atoms with Gasteiger partial charge in [-0.1, -0.05) is 31.0 Å². The number of hydrogen-bond acceptors (Lipinski definition) is 8. The fourth-order valence-electron chi connectivity index (χ4n) is 6.12. The molecule has 0 aromatic heterocycles. The summed E-state index contributed by atoms with van der Waals surface area (Å²) in [6.07, 6.45) is 4.31. The van der Waals surface area contributed by atoms with Crippen LogP contribution >= 0.6 is 0 Å². The molecule has 3 atom stereocenters. The molecule has 0 radical (unpaired) electrons. The molecule has 1 fully saturated rings. The number of fused-ring (bicyclic) bond motifs is 2. The Labute approximate surface area is 304 Å². The van der Waals surface area contributed by atoms with Crippen LogP contribution in [0.2, 0.25) is 0 Å². The second-order valence-electron chi connectivity index (χ2n) is 13.8. The number of ketones is 2. The Balaban J connectivity index is 0.000000240. The number of Topliss-reactive ketones (excluding diaryl/α,β-unsaturated/α-hetero) is 2. The Hall–Kier alpha value is -5.32. The van der Waals surface area contributed by atoms with E-state index in [1.165, 1.54) is 0 Å². The topological polar surface area (TPSA) is 146 Å². The van der Waals surface area contributed by atoms with Crippen molar-refractivity contribution in [3.05, 3.63) is 71.6 Å². The third-order valence-electron chi connectivity index (χ3n) is 9.28. The molecule has 0 saturated carbocycles. The van der Waals surface area contributed by atoms with Gasteiger partial charge in [0, 0.05) is 67.7 Å². The Kier molecular flexibility index (Phi) is 13.5. The standard InChI is InChI=1S/C24H22N2O3.C17H27NO5/c1-25(2)15-9-11-19-21(13-15)29-22-14-16(26(3)4)10-12-20(22)23(19)17-7-5-6-8-18(17)24(27)28;1-11(19)8-6-4-5-7-9-16(21)18-12(2)15(20)10-14-13(3)23-17(14)22/h5-14H,1-4H3;12-14H,4-10H2,1-3H3,(H,18,21)/p+1/t;12-,13+,14-/m.0/s1. The van der Waals surface area contributed by atoms with Gasteiger partial charge in [0.15, 0.2) is 5.78 Å². The van der Waals surface area contributed by atoms with E-state index in [0.717, 1.165) is 64.6 Å². The minimum atomic E-state index is -0.947. The minimum Gasteiger partial charge on any atom is -0.478 e. The highest BCUT2D eigenvalue weighted by Gasteiger charge is 2.41. The lowest BCUT2D eigenvalue weighted by molar-refractivity contribution is -0.183. The van der Waals surface area contributed by atoms with Crippen molar-refractivity contribution in [3.8, 4) is 22.5 Å². The number of carboxylic acid groups (broad SMARTS) is 1. The number of anilines is 1. The van der Waals surface area contributed by atoms with Gasteiger partial charge >= 0.3 is 11.9 Å². The summed E-state index contributed by atoms with van der Waals surface area (Å²) in [7, 11) is 7.92. The van der Waals surface area contributed by atoms with Crippen molar-refractivity contribution < 1.29 is 38.2 Å². The normalized spacial score (nSPS) is 15.5. The van der Waals surface area contributed by atoms with Crippen molar-refractivity contribution in [1.29, 1.82) is 0 Å². The summed E-state index contributed by atoms with van der Waals surface area (Å²) < 4.78 is 13.1. The molecule has 5 rings (SSSR count). The number of ether oxygens (including phenoxy) is 1. The number of unbranched alkanes of at least 4 members (excludes halogenated alkanes) is 3. The lowest BCUT2D eigenvalue weighted by Gasteiger charge is -2.32. The number of carbonyl (C=O) groups is 5. The molecule has 52 heavy (non-hydrogen) atoms. The summed E-state index contributed by atoms with van der Waals surface area (Å²) in [5.41, 5.74) is 4.44. The maximum atomic E-state index is 12.0. The SMILES string of the molecule is CC(=O)CCCCCCC(=O)N[C@@H](C)C(=O)C[C@@H]1C(=O)O[C@@H]1C.CN(C)c1ccc2c(-c3ccccc3C(=O)O)c3ccc(=[N+](C)C)cc-3oc2c1. The lowest BCUT2D eigenvalue weighted by atomic mass is 9.90. The van der Waals surface area contributed by atoms with Crippen LogP contribution in [0.1, 0.15) is 76.1 Å². The molecule has 2 aromatic carbocycles. The van der Waals surface area contributed by atoms with Gasteiger partial charge in [0.1, 0.15) is 43.2 Å². The van der Waals surface area contributed by atoms with Gasteiger partial charge in [0.05, 0.1) is 17.7 Å². The molecule has 3 aliphatic rings. The van der Waals surface area contributed by atoms with Gasteiger partial charge < -0.3 is 29.3 Å². The first kappa shape index (κ1) is 39.5. The maximum absolute atomic E-state index is 12.0. The minimum absolute atomic E-state index is 0.118. The highest BCUT2D eigenvalue weighted by atomic mass is 16.6. The zero-order chi connectivity index (χ0) is 38.1. The summed E-state index contributed by atoms with van der Waals surface area (Å²) in [6, 6.07) is 18.6. The number of carboxylic acids is 1. The first-order valence-corrected chi connectivity index (χ1v) is 17.7. The number of aromatic carboxylic acids is 1. The number of nitrogens with zero attached hydrogens (tertiary/aromatic N) is 2. The second-order valence-corrected chi connectivity index (χ2v) is 13.8. The van der Waals surface area contributed by atoms with Crippen molar-refractivity contribution >= 4 is 46.1 Å². The van der Waals surface area contributed by atoms with Gasteiger partial charge in [-0.05, 0) is 63.4 Å². The first-order valence-electron chi connectivity index (χ1n) is 17.7. The Bertz CT molecular complexity index is 1990. The van der Waals surface area contributed by atoms with Crippen LogP contribution in [0, 0.1) is 5.92 Å². The first-order chi connectivity index (χ1) is 24.7. The molecule has 1 saturated heterocycles. The third-order valence-corrected chi connectivity index (χ3v) is 9.28. The maximum Gasteiger partial charge on any atom is 0.336 e. The van der Waals surface area contributed by atoms with Crippen LogP contribution in [-0.2, 0) is 23.9 Å². The Morgan fingerprint density at radius 3 is 2.23 bits per heavy atom. The number of nitrogens with one attached hydrogen (secondary N) is 1. The number of hydrogen-bond donors (Lipinski definition) is 2. The zero-order valence-electron chi connectivity index (χ0n) is 31.2. The number of benzene rings is 3. The van der Waals surface area contributed by atoms with Crippen molar-refractivity contribution in [2.75, 3.05) is 33.1 Å². The van der Waals surface area contributed by atoms with Crippen molar-refractivity contribution in [3.63, 3.8) is 0 Å². The summed E-state index contributed by atoms with van der Waals surface area (Å²) >= 11 is 0. The molecule has 276 valence electrons. The molecule has 0 bridgehead atoms. The van der Waals surface area contributed by atoms with E-state index in [0.29, 0.717) is 18.4 Å². The number of esters is 1. The van der Waals surface area contributed by atoms with Crippen LogP contribution < -0.4 is 20.1 Å². The van der Waals surface area contributed by atoms with E-state index in [9.17, 15) is 29.1 Å². The van der Waals surface area contributed by atoms with Gasteiger partial charge in [-0.25, -0.2) is 9.37 Å². The summed E-state index contributed by atoms with van der Waals surface area (Å²) in [5, 5.41) is 14.3. The third kappa shape index (κ3) is 9.92. The van der Waals surface area contributed by atoms with E-state index in [2.05, 4.69) is 5.32 Å². The van der Waals surface area contributed by atoms with Crippen LogP contribution in [0.25, 0.3) is 33.4 Å². The Morgan fingerprint density at radius 1 is 0.923 bits per heavy atom. The van der Waals surface area contributed by atoms with Gasteiger partial charge in [-0.2, -0.15) is 0 Å². The predicted molar refractivity (Wildman–Crippen MR) is 201 cm³/mol. The highest BCUT2D eigenvalue weighted by molar-refractivity contribution is 6.07. The molecular formula is C41H50N3O8+. The molecule has 11 nitrogen and oxygen atoms in total. The molecule has 0 unspecified atom stereocenters. The predicted octanol–water partition coefficient (Wildman–Crippen LogP) is 5.94. The fourth-order valence-corrected chi connectivity index (χ4v) is 6.12. The largest absolute Gasteiger partial charge is 0.478 e. The fraction of sp³-hybridized carbons (Fsp3) is 0.415. The average Bonchev–Trinajstić information content (AvgIpc) is 3.10. The number of amides is 1. The van der Waals surface area contributed by atoms with Crippen LogP contribution in [-0.4, -0.2) is 74.9 Å². The second kappa shape index (κ2) is 17.7. The van der Waals surface area contributed by atoms with Gasteiger partial charge in [-0.15, -0.1) is 0 Å². The quantitative estimate of drug-likeness (QED) is 0.0702. The molecule has 0 spiro atoms. The van der Waals surface area contributed by atoms with Gasteiger partial charge in [-0.3, -0.25) is 14.4 Å². The Morgan fingerprint density at radius 2 is 1.62 bits per heavy atom. The summed E-state index contributed by atoms with van der Waals surface area (Å²) in [5.74, 6) is -1.04. The van der Waals surface area contributed by atoms with E-state index < -0.39 is 12.0 Å². The highest BCUT2D eigenvalue weighted by Crippen LogP contribution is 2.41. The molecular weight excluding hydrogens is 662 g/mol. The molecule has 2 heterocycles. The van der Waals surface area contributed by atoms with Crippen molar-refractivity contribution in [1.82, 2.24) is 9.89 Å². The van der Waals surface area contributed by atoms with E-state index >= 15 is 0 Å². The number of cyclic esters (lactones) is 1. The van der Waals surface area contributed by atoms with E-state index in [1.54, 1.807) is 32.9 Å². The smallest absolute Gasteiger partial charge is 0.336 e. The summed E-state index contributed by atoms with van der Waals surface area (Å²) in [6.45, 7) is 4.98. The lowest BCUT2D eigenvalue weighted by Crippen LogP contribution is -2.47. The van der Waals surface area contributed by atoms with Crippen LogP contribution in [0.3, 0.4) is 0 Å². The van der Waals surface area contributed by atoms with Crippen LogP contribution in [0.4, 0.5) is 5.69 Å². The molecule has 2 aliphatic heterocycles. The number of rotatable bonds is 14. The molecule has 2 aromatic rings. The molecule has 1 amide bonds. The molecule has 1 aliphatic carbocycles. The molecule has 11 heteroatoms. The van der Waals surface area contributed by atoms with Crippen LogP contribution in [0.15, 0.2) is 65.1 Å². The van der Waals surface area contributed by atoms with Crippen LogP contribution in [0.5, 0.6) is 0 Å².